The zero-order chi connectivity index (χ0) is 17.4. The molecule has 1 aliphatic heterocycles. The maximum Gasteiger partial charge on any atom is 0.244 e. The predicted octanol–water partition coefficient (Wildman–Crippen LogP) is 3.54. The van der Waals surface area contributed by atoms with Crippen molar-refractivity contribution in [3.8, 4) is 0 Å². The van der Waals surface area contributed by atoms with E-state index in [-0.39, 0.29) is 51.0 Å². The van der Waals surface area contributed by atoms with Gasteiger partial charge in [0.2, 0.25) is 17.7 Å². The van der Waals surface area contributed by atoms with Gasteiger partial charge >= 0.3 is 0 Å². The summed E-state index contributed by atoms with van der Waals surface area (Å²) in [7, 11) is 0. The Labute approximate surface area is 153 Å². The Morgan fingerprint density at radius 3 is 2.12 bits per heavy atom. The van der Waals surface area contributed by atoms with Crippen molar-refractivity contribution in [3.63, 3.8) is 0 Å². The lowest BCUT2D eigenvalue weighted by molar-refractivity contribution is -0.142. The highest BCUT2D eigenvalue weighted by molar-refractivity contribution is 6.44. The molecule has 1 saturated heterocycles. The van der Waals surface area contributed by atoms with Gasteiger partial charge in [-0.15, -0.1) is 0 Å². The molecule has 1 aromatic carbocycles. The largest absolute Gasteiger partial charge is 0.323 e. The number of amides is 3. The van der Waals surface area contributed by atoms with Crippen LogP contribution in [0.15, 0.2) is 24.3 Å². The first kappa shape index (κ1) is 17.3. The summed E-state index contributed by atoms with van der Waals surface area (Å²) in [5, 5.41) is 3.27. The first-order chi connectivity index (χ1) is 11.4. The molecular weight excluding hydrogens is 375 g/mol. The van der Waals surface area contributed by atoms with Gasteiger partial charge in [0.1, 0.15) is 6.54 Å². The molecule has 2 atom stereocenters. The van der Waals surface area contributed by atoms with E-state index in [9.17, 15) is 14.4 Å². The number of fused-ring (bicyclic) bond motifs is 1. The first-order valence-corrected chi connectivity index (χ1v) is 8.46. The van der Waals surface area contributed by atoms with Gasteiger partial charge in [-0.3, -0.25) is 19.3 Å². The number of hydrogen-bond acceptors (Lipinski definition) is 3. The molecule has 1 N–H and O–H groups in total. The quantitative estimate of drug-likeness (QED) is 0.490. The minimum Gasteiger partial charge on any atom is -0.323 e. The number of carbonyl (C=O) groups is 3. The molecule has 0 radical (unpaired) electrons. The molecule has 8 heteroatoms. The van der Waals surface area contributed by atoms with Crippen LogP contribution in [0.5, 0.6) is 0 Å². The molecule has 126 valence electrons. The maximum absolute atomic E-state index is 12.3. The van der Waals surface area contributed by atoms with Crippen LogP contribution >= 0.6 is 34.8 Å². The average molecular weight is 388 g/mol. The van der Waals surface area contributed by atoms with E-state index in [1.54, 1.807) is 0 Å². The van der Waals surface area contributed by atoms with Crippen molar-refractivity contribution < 1.29 is 14.4 Å². The Balaban J connectivity index is 1.70. The number of likely N-dealkylation sites (tertiary alicyclic amines) is 1. The molecule has 3 amide bonds. The monoisotopic (exact) mass is 386 g/mol. The molecule has 0 saturated carbocycles. The average Bonchev–Trinajstić information content (AvgIpc) is 2.78. The zero-order valence-corrected chi connectivity index (χ0v) is 14.7. The van der Waals surface area contributed by atoms with E-state index in [4.69, 9.17) is 34.8 Å². The summed E-state index contributed by atoms with van der Waals surface area (Å²) in [5.41, 5.74) is 0.272. The van der Waals surface area contributed by atoms with Gasteiger partial charge < -0.3 is 5.32 Å². The number of nitrogens with one attached hydrogen (secondary N) is 1. The Bertz CT molecular complexity index is 737. The van der Waals surface area contributed by atoms with Crippen LogP contribution in [0.4, 0.5) is 5.69 Å². The predicted molar refractivity (Wildman–Crippen MR) is 92.2 cm³/mol. The molecule has 5 nitrogen and oxygen atoms in total. The van der Waals surface area contributed by atoms with Crippen LogP contribution in [0, 0.1) is 11.8 Å². The summed E-state index contributed by atoms with van der Waals surface area (Å²) in [5.74, 6) is -1.84. The number of carbonyl (C=O) groups excluding carboxylic acids is 3. The Morgan fingerprint density at radius 2 is 1.54 bits per heavy atom. The second-order valence-corrected chi connectivity index (χ2v) is 6.93. The van der Waals surface area contributed by atoms with Crippen LogP contribution in [0.3, 0.4) is 0 Å². The number of imide groups is 1. The standard InChI is InChI=1S/C16H13Cl3N2O3/c17-10-5-12(19)13(6-11(10)18)20-14(22)7-21-15(23)8-3-1-2-4-9(8)16(21)24/h1-2,5-6,8-9H,3-4,7H2,(H,20,22). The molecule has 2 unspecified atom stereocenters. The van der Waals surface area contributed by atoms with Crippen LogP contribution in [0.25, 0.3) is 0 Å². The van der Waals surface area contributed by atoms with Crippen molar-refractivity contribution >= 4 is 58.2 Å². The molecule has 1 fully saturated rings. The summed E-state index contributed by atoms with van der Waals surface area (Å²) in [4.78, 5) is 37.9. The molecule has 2 aliphatic rings. The smallest absolute Gasteiger partial charge is 0.244 e. The molecule has 1 aromatic rings. The summed E-state index contributed by atoms with van der Waals surface area (Å²) in [6.07, 6.45) is 4.86. The molecule has 24 heavy (non-hydrogen) atoms. The molecule has 0 bridgehead atoms. The Hall–Kier alpha value is -1.56. The summed E-state index contributed by atoms with van der Waals surface area (Å²) < 4.78 is 0. The number of halogens is 3. The minimum absolute atomic E-state index is 0.217. The zero-order valence-electron chi connectivity index (χ0n) is 12.4. The van der Waals surface area contributed by atoms with Crippen LogP contribution in [0.2, 0.25) is 15.1 Å². The van der Waals surface area contributed by atoms with E-state index >= 15 is 0 Å². The molecular formula is C16H13Cl3N2O3. The topological polar surface area (TPSA) is 66.5 Å². The second kappa shape index (κ2) is 6.75. The van der Waals surface area contributed by atoms with Gasteiger partial charge in [-0.2, -0.15) is 0 Å². The lowest BCUT2D eigenvalue weighted by atomic mass is 9.85. The fraction of sp³-hybridized carbons (Fsp3) is 0.312. The lowest BCUT2D eigenvalue weighted by Crippen LogP contribution is -2.38. The number of hydrogen-bond donors (Lipinski definition) is 1. The molecule has 0 aromatic heterocycles. The van der Waals surface area contributed by atoms with Crippen LogP contribution < -0.4 is 5.32 Å². The minimum atomic E-state index is -0.524. The highest BCUT2D eigenvalue weighted by Crippen LogP contribution is 2.35. The third-order valence-corrected chi connectivity index (χ3v) is 5.22. The Morgan fingerprint density at radius 1 is 1.00 bits per heavy atom. The van der Waals surface area contributed by atoms with Crippen LogP contribution in [0.1, 0.15) is 12.8 Å². The van der Waals surface area contributed by atoms with E-state index in [1.807, 2.05) is 12.2 Å². The fourth-order valence-electron chi connectivity index (χ4n) is 2.98. The van der Waals surface area contributed by atoms with Crippen LogP contribution in [-0.4, -0.2) is 29.2 Å². The lowest BCUT2D eigenvalue weighted by Gasteiger charge is -2.15. The number of allylic oxidation sites excluding steroid dienone is 2. The highest BCUT2D eigenvalue weighted by atomic mass is 35.5. The van der Waals surface area contributed by atoms with Crippen molar-refractivity contribution in [2.24, 2.45) is 11.8 Å². The number of nitrogens with zero attached hydrogens (tertiary/aromatic N) is 1. The van der Waals surface area contributed by atoms with Gasteiger partial charge in [0.25, 0.3) is 0 Å². The molecule has 0 spiro atoms. The molecule has 1 heterocycles. The normalized spacial score (nSPS) is 22.7. The van der Waals surface area contributed by atoms with Gasteiger partial charge in [0.15, 0.2) is 0 Å². The second-order valence-electron chi connectivity index (χ2n) is 5.71. The van der Waals surface area contributed by atoms with Crippen molar-refractivity contribution in [1.29, 1.82) is 0 Å². The maximum atomic E-state index is 12.3. The summed E-state index contributed by atoms with van der Waals surface area (Å²) in [6.45, 7) is -0.346. The van der Waals surface area contributed by atoms with E-state index in [2.05, 4.69) is 5.32 Å². The number of rotatable bonds is 3. The van der Waals surface area contributed by atoms with Crippen molar-refractivity contribution in [1.82, 2.24) is 4.90 Å². The SMILES string of the molecule is O=C(CN1C(=O)C2CC=CCC2C1=O)Nc1cc(Cl)c(Cl)cc1Cl. The van der Waals surface area contributed by atoms with Gasteiger partial charge in [-0.1, -0.05) is 47.0 Å². The summed E-state index contributed by atoms with van der Waals surface area (Å²) >= 11 is 17.7. The van der Waals surface area contributed by atoms with Crippen LogP contribution in [-0.2, 0) is 14.4 Å². The van der Waals surface area contributed by atoms with Gasteiger partial charge in [-0.05, 0) is 25.0 Å². The van der Waals surface area contributed by atoms with E-state index in [1.165, 1.54) is 12.1 Å². The third kappa shape index (κ3) is 3.16. The van der Waals surface area contributed by atoms with Gasteiger partial charge in [0, 0.05) is 0 Å². The van der Waals surface area contributed by atoms with Gasteiger partial charge in [0.05, 0.1) is 32.6 Å². The van der Waals surface area contributed by atoms with E-state index in [0.717, 1.165) is 4.90 Å². The summed E-state index contributed by atoms with van der Waals surface area (Å²) in [6, 6.07) is 2.83. The van der Waals surface area contributed by atoms with E-state index < -0.39 is 5.91 Å². The number of anilines is 1. The van der Waals surface area contributed by atoms with Crippen molar-refractivity contribution in [2.75, 3.05) is 11.9 Å². The van der Waals surface area contributed by atoms with Crippen molar-refractivity contribution in [3.05, 3.63) is 39.4 Å². The van der Waals surface area contributed by atoms with E-state index in [0.29, 0.717) is 12.8 Å². The van der Waals surface area contributed by atoms with Crippen molar-refractivity contribution in [2.45, 2.75) is 12.8 Å². The molecule has 1 aliphatic carbocycles. The third-order valence-electron chi connectivity index (χ3n) is 4.18. The number of benzene rings is 1. The molecule has 3 rings (SSSR count). The highest BCUT2D eigenvalue weighted by Gasteiger charge is 2.47. The van der Waals surface area contributed by atoms with Gasteiger partial charge in [-0.25, -0.2) is 0 Å². The Kier molecular flexibility index (Phi) is 4.85. The first-order valence-electron chi connectivity index (χ1n) is 7.33. The fourth-order valence-corrected chi connectivity index (χ4v) is 3.57.